The second-order valence-corrected chi connectivity index (χ2v) is 5.08. The van der Waals surface area contributed by atoms with Crippen LogP contribution in [0.4, 0.5) is 0 Å². The summed E-state index contributed by atoms with van der Waals surface area (Å²) in [6.45, 7) is 3.82. The number of rotatable bonds is 14. The Morgan fingerprint density at radius 2 is 1.32 bits per heavy atom. The summed E-state index contributed by atoms with van der Waals surface area (Å²) in [5.41, 5.74) is 0. The van der Waals surface area contributed by atoms with Crippen LogP contribution in [0.3, 0.4) is 0 Å². The second-order valence-electron chi connectivity index (χ2n) is 5.08. The van der Waals surface area contributed by atoms with Gasteiger partial charge in [-0.2, -0.15) is 0 Å². The maximum Gasteiger partial charge on any atom is 0.304 e. The van der Waals surface area contributed by atoms with Gasteiger partial charge >= 0.3 is 5.97 Å². The number of carbonyl (C=O) groups is 1. The highest BCUT2D eigenvalue weighted by molar-refractivity contribution is 5.85. The molecule has 0 atom stereocenters. The highest BCUT2D eigenvalue weighted by Gasteiger charge is 1.95. The number of unbranched alkanes of at least 4 members (excludes halogenated alkanes) is 9. The van der Waals surface area contributed by atoms with Gasteiger partial charge in [0.25, 0.3) is 0 Å². The quantitative estimate of drug-likeness (QED) is 0.467. The molecule has 0 unspecified atom stereocenters. The van der Waals surface area contributed by atoms with Crippen LogP contribution >= 0.6 is 12.4 Å². The van der Waals surface area contributed by atoms with Gasteiger partial charge in [-0.05, 0) is 13.0 Å². The van der Waals surface area contributed by atoms with E-state index in [9.17, 15) is 4.79 Å². The van der Waals surface area contributed by atoms with Crippen LogP contribution in [-0.4, -0.2) is 24.2 Å². The number of carboxylic acids is 1. The standard InChI is InChI=1S/C15H31NO2.ClH/c1-2-3-4-5-6-7-8-9-10-11-13-16-14-12-15(17)18;/h16H,2-14H2,1H3,(H,17,18);1H. The van der Waals surface area contributed by atoms with Gasteiger partial charge in [0.15, 0.2) is 0 Å². The molecule has 3 nitrogen and oxygen atoms in total. The fraction of sp³-hybridized carbons (Fsp3) is 0.933. The summed E-state index contributed by atoms with van der Waals surface area (Å²) in [6, 6.07) is 0. The summed E-state index contributed by atoms with van der Waals surface area (Å²) in [4.78, 5) is 10.3. The molecule has 0 heterocycles. The van der Waals surface area contributed by atoms with E-state index in [4.69, 9.17) is 5.11 Å². The molecule has 0 aliphatic heterocycles. The Morgan fingerprint density at radius 3 is 1.79 bits per heavy atom. The first-order chi connectivity index (χ1) is 8.77. The van der Waals surface area contributed by atoms with Gasteiger partial charge < -0.3 is 10.4 Å². The van der Waals surface area contributed by atoms with Gasteiger partial charge in [-0.1, -0.05) is 64.7 Å². The van der Waals surface area contributed by atoms with E-state index in [2.05, 4.69) is 12.2 Å². The van der Waals surface area contributed by atoms with E-state index in [1.54, 1.807) is 0 Å². The molecular weight excluding hydrogens is 262 g/mol. The van der Waals surface area contributed by atoms with Crippen LogP contribution in [0.25, 0.3) is 0 Å². The Labute approximate surface area is 125 Å². The number of nitrogens with one attached hydrogen (secondary N) is 1. The third-order valence-corrected chi connectivity index (χ3v) is 3.22. The van der Waals surface area contributed by atoms with E-state index in [1.807, 2.05) is 0 Å². The summed E-state index contributed by atoms with van der Waals surface area (Å²) < 4.78 is 0. The highest BCUT2D eigenvalue weighted by Crippen LogP contribution is 2.10. The fourth-order valence-electron chi connectivity index (χ4n) is 2.06. The molecule has 0 amide bonds. The Kier molecular flexibility index (Phi) is 19.6. The van der Waals surface area contributed by atoms with Gasteiger partial charge in [0.1, 0.15) is 0 Å². The minimum atomic E-state index is -0.717. The Hall–Kier alpha value is -0.280. The van der Waals surface area contributed by atoms with Crippen molar-refractivity contribution in [3.63, 3.8) is 0 Å². The zero-order valence-corrected chi connectivity index (χ0v) is 13.3. The minimum Gasteiger partial charge on any atom is -0.481 e. The Morgan fingerprint density at radius 1 is 0.842 bits per heavy atom. The predicted molar refractivity (Wildman–Crippen MR) is 84.2 cm³/mol. The number of hydrogen-bond donors (Lipinski definition) is 2. The van der Waals surface area contributed by atoms with Crippen molar-refractivity contribution in [2.24, 2.45) is 0 Å². The monoisotopic (exact) mass is 293 g/mol. The van der Waals surface area contributed by atoms with Gasteiger partial charge in [0.05, 0.1) is 6.42 Å². The van der Waals surface area contributed by atoms with E-state index in [-0.39, 0.29) is 18.8 Å². The van der Waals surface area contributed by atoms with E-state index in [1.165, 1.54) is 64.2 Å². The molecule has 0 saturated heterocycles. The van der Waals surface area contributed by atoms with Gasteiger partial charge in [-0.25, -0.2) is 0 Å². The average molecular weight is 294 g/mol. The van der Waals surface area contributed by atoms with Crippen molar-refractivity contribution in [2.75, 3.05) is 13.1 Å². The summed E-state index contributed by atoms with van der Waals surface area (Å²) in [5.74, 6) is -0.717. The van der Waals surface area contributed by atoms with E-state index in [0.717, 1.165) is 6.54 Å². The average Bonchev–Trinajstić information content (AvgIpc) is 2.34. The normalized spacial score (nSPS) is 10.2. The predicted octanol–water partition coefficient (Wildman–Crippen LogP) is 4.39. The molecule has 0 saturated carbocycles. The number of hydrogen-bond acceptors (Lipinski definition) is 2. The second kappa shape index (κ2) is 17.7. The lowest BCUT2D eigenvalue weighted by molar-refractivity contribution is -0.136. The van der Waals surface area contributed by atoms with Gasteiger partial charge in [0, 0.05) is 6.54 Å². The number of carboxylic acid groups (broad SMARTS) is 1. The third kappa shape index (κ3) is 20.2. The summed E-state index contributed by atoms with van der Waals surface area (Å²) >= 11 is 0. The number of halogens is 1. The molecule has 116 valence electrons. The van der Waals surface area contributed by atoms with Crippen LogP contribution in [0.5, 0.6) is 0 Å². The summed E-state index contributed by atoms with van der Waals surface area (Å²) in [6.07, 6.45) is 13.7. The lowest BCUT2D eigenvalue weighted by Crippen LogP contribution is -2.19. The molecule has 0 fully saturated rings. The lowest BCUT2D eigenvalue weighted by atomic mass is 10.1. The van der Waals surface area contributed by atoms with E-state index < -0.39 is 5.97 Å². The maximum atomic E-state index is 10.3. The molecule has 0 bridgehead atoms. The zero-order chi connectivity index (χ0) is 13.5. The largest absolute Gasteiger partial charge is 0.481 e. The fourth-order valence-corrected chi connectivity index (χ4v) is 2.06. The molecule has 0 aromatic heterocycles. The van der Waals surface area contributed by atoms with Crippen molar-refractivity contribution in [1.82, 2.24) is 5.32 Å². The van der Waals surface area contributed by atoms with Crippen LogP contribution in [0, 0.1) is 0 Å². The highest BCUT2D eigenvalue weighted by atomic mass is 35.5. The number of aliphatic carboxylic acids is 1. The lowest BCUT2D eigenvalue weighted by Gasteiger charge is -2.03. The van der Waals surface area contributed by atoms with Crippen molar-refractivity contribution in [2.45, 2.75) is 77.6 Å². The van der Waals surface area contributed by atoms with Gasteiger partial charge in [0.2, 0.25) is 0 Å². The van der Waals surface area contributed by atoms with Crippen LogP contribution in [0.2, 0.25) is 0 Å². The van der Waals surface area contributed by atoms with Gasteiger partial charge in [-0.3, -0.25) is 4.79 Å². The first kappa shape index (κ1) is 21.0. The molecule has 0 aliphatic rings. The topological polar surface area (TPSA) is 49.3 Å². The molecule has 0 aromatic carbocycles. The van der Waals surface area contributed by atoms with Crippen molar-refractivity contribution in [3.8, 4) is 0 Å². The third-order valence-electron chi connectivity index (χ3n) is 3.22. The Bertz CT molecular complexity index is 189. The first-order valence-electron chi connectivity index (χ1n) is 7.70. The van der Waals surface area contributed by atoms with Crippen molar-refractivity contribution in [3.05, 3.63) is 0 Å². The van der Waals surface area contributed by atoms with Crippen molar-refractivity contribution >= 4 is 18.4 Å². The molecule has 0 spiro atoms. The molecule has 2 N–H and O–H groups in total. The smallest absolute Gasteiger partial charge is 0.304 e. The van der Waals surface area contributed by atoms with E-state index >= 15 is 0 Å². The molecular formula is C15H32ClNO2. The van der Waals surface area contributed by atoms with Crippen LogP contribution in [0.1, 0.15) is 77.6 Å². The minimum absolute atomic E-state index is 0. The molecule has 0 rings (SSSR count). The summed E-state index contributed by atoms with van der Waals surface area (Å²) in [7, 11) is 0. The van der Waals surface area contributed by atoms with Crippen molar-refractivity contribution in [1.29, 1.82) is 0 Å². The SMILES string of the molecule is CCCCCCCCCCCCNCCC(=O)O.Cl. The summed E-state index contributed by atoms with van der Waals surface area (Å²) in [5, 5.41) is 11.6. The zero-order valence-electron chi connectivity index (χ0n) is 12.5. The molecule has 0 radical (unpaired) electrons. The molecule has 19 heavy (non-hydrogen) atoms. The molecule has 0 aromatic rings. The Balaban J connectivity index is 0. The van der Waals surface area contributed by atoms with Crippen LogP contribution in [0.15, 0.2) is 0 Å². The molecule has 4 heteroatoms. The van der Waals surface area contributed by atoms with Crippen LogP contribution in [-0.2, 0) is 4.79 Å². The van der Waals surface area contributed by atoms with Gasteiger partial charge in [-0.15, -0.1) is 12.4 Å². The van der Waals surface area contributed by atoms with Crippen molar-refractivity contribution < 1.29 is 9.90 Å². The van der Waals surface area contributed by atoms with Crippen LogP contribution < -0.4 is 5.32 Å². The maximum absolute atomic E-state index is 10.3. The van der Waals surface area contributed by atoms with E-state index in [0.29, 0.717) is 6.54 Å². The molecule has 0 aliphatic carbocycles. The first-order valence-corrected chi connectivity index (χ1v) is 7.70.